The second kappa shape index (κ2) is 13.5. The zero-order valence-electron chi connectivity index (χ0n) is 20.9. The molecular formula is C28H30O10. The maximum atomic E-state index is 12.6. The Bertz CT molecular complexity index is 1040. The summed E-state index contributed by atoms with van der Waals surface area (Å²) in [5.41, 5.74) is -0.303. The second-order valence-corrected chi connectivity index (χ2v) is 9.19. The van der Waals surface area contributed by atoms with Crippen LogP contribution in [0.5, 0.6) is 11.5 Å². The molecule has 2 fully saturated rings. The maximum Gasteiger partial charge on any atom is 0.514 e. The molecule has 2 aromatic carbocycles. The van der Waals surface area contributed by atoms with Gasteiger partial charge >= 0.3 is 24.2 Å². The van der Waals surface area contributed by atoms with E-state index in [0.717, 1.165) is 64.2 Å². The van der Waals surface area contributed by atoms with Gasteiger partial charge < -0.3 is 18.9 Å². The Kier molecular flexibility index (Phi) is 9.55. The summed E-state index contributed by atoms with van der Waals surface area (Å²) in [6.45, 7) is 0. The first kappa shape index (κ1) is 27.0. The summed E-state index contributed by atoms with van der Waals surface area (Å²) < 4.78 is 21.1. The van der Waals surface area contributed by atoms with E-state index in [1.807, 2.05) is 0 Å². The van der Waals surface area contributed by atoms with E-state index < -0.39 is 24.2 Å². The standard InChI is InChI=1S/C28H30O10/c29-25(21-15-7-9-17-23(21)35-27(31)33-19-11-3-1-4-12-19)37-38-26(30)22-16-8-10-18-24(22)36-28(32)34-20-13-5-2-6-14-20/h7-10,15-20H,1-6,11-14H2. The molecule has 0 aliphatic heterocycles. The molecule has 202 valence electrons. The molecule has 2 saturated carbocycles. The third-order valence-corrected chi connectivity index (χ3v) is 6.42. The van der Waals surface area contributed by atoms with Gasteiger partial charge in [-0.15, -0.1) is 0 Å². The predicted molar refractivity (Wildman–Crippen MR) is 132 cm³/mol. The van der Waals surface area contributed by atoms with Crippen molar-refractivity contribution in [2.24, 2.45) is 0 Å². The Morgan fingerprint density at radius 2 is 0.895 bits per heavy atom. The first-order chi connectivity index (χ1) is 18.5. The topological polar surface area (TPSA) is 124 Å². The van der Waals surface area contributed by atoms with Gasteiger partial charge in [-0.3, -0.25) is 0 Å². The molecule has 2 aromatic rings. The number of hydrogen-bond acceptors (Lipinski definition) is 10. The Labute approximate surface area is 220 Å². The van der Waals surface area contributed by atoms with E-state index in [1.54, 1.807) is 12.1 Å². The van der Waals surface area contributed by atoms with Crippen molar-refractivity contribution in [3.05, 3.63) is 59.7 Å². The highest BCUT2D eigenvalue weighted by molar-refractivity contribution is 5.96. The van der Waals surface area contributed by atoms with E-state index in [2.05, 4.69) is 0 Å². The minimum Gasteiger partial charge on any atom is -0.431 e. The van der Waals surface area contributed by atoms with Gasteiger partial charge in [0.15, 0.2) is 0 Å². The zero-order chi connectivity index (χ0) is 26.7. The van der Waals surface area contributed by atoms with Crippen LogP contribution in [0.2, 0.25) is 0 Å². The second-order valence-electron chi connectivity index (χ2n) is 9.19. The lowest BCUT2D eigenvalue weighted by Gasteiger charge is -2.21. The van der Waals surface area contributed by atoms with Crippen LogP contribution in [0.1, 0.15) is 84.9 Å². The Balaban J connectivity index is 1.33. The van der Waals surface area contributed by atoms with Crippen molar-refractivity contribution in [1.29, 1.82) is 0 Å². The number of para-hydroxylation sites is 2. The third kappa shape index (κ3) is 7.71. The van der Waals surface area contributed by atoms with Crippen LogP contribution in [0.3, 0.4) is 0 Å². The minimum atomic E-state index is -1.07. The largest absolute Gasteiger partial charge is 0.514 e. The smallest absolute Gasteiger partial charge is 0.431 e. The van der Waals surface area contributed by atoms with E-state index in [-0.39, 0.29) is 34.8 Å². The van der Waals surface area contributed by atoms with Gasteiger partial charge in [-0.2, -0.15) is 0 Å². The SMILES string of the molecule is O=C(Oc1ccccc1C(=O)OOC(=O)c1ccccc1OC(=O)OC1CCCCC1)OC1CCCCC1. The first-order valence-corrected chi connectivity index (χ1v) is 12.9. The molecule has 10 nitrogen and oxygen atoms in total. The lowest BCUT2D eigenvalue weighted by atomic mass is 9.98. The summed E-state index contributed by atoms with van der Waals surface area (Å²) in [6, 6.07) is 11.6. The fourth-order valence-corrected chi connectivity index (χ4v) is 4.48. The average Bonchev–Trinajstić information content (AvgIpc) is 2.93. The Morgan fingerprint density at radius 1 is 0.526 bits per heavy atom. The molecule has 4 rings (SSSR count). The number of rotatable bonds is 6. The average molecular weight is 527 g/mol. The van der Waals surface area contributed by atoms with Crippen LogP contribution in [0.25, 0.3) is 0 Å². The summed E-state index contributed by atoms with van der Waals surface area (Å²) in [4.78, 5) is 59.1. The van der Waals surface area contributed by atoms with Crippen LogP contribution in [0.15, 0.2) is 48.5 Å². The molecule has 0 N–H and O–H groups in total. The molecule has 0 radical (unpaired) electrons. The lowest BCUT2D eigenvalue weighted by molar-refractivity contribution is -0.187. The van der Waals surface area contributed by atoms with Gasteiger partial charge in [0, 0.05) is 0 Å². The number of benzene rings is 2. The van der Waals surface area contributed by atoms with E-state index >= 15 is 0 Å². The predicted octanol–water partition coefficient (Wildman–Crippen LogP) is 6.31. The molecular weight excluding hydrogens is 496 g/mol. The van der Waals surface area contributed by atoms with Crippen LogP contribution in [0, 0.1) is 0 Å². The van der Waals surface area contributed by atoms with Crippen LogP contribution in [-0.4, -0.2) is 36.5 Å². The van der Waals surface area contributed by atoms with Crippen LogP contribution in [-0.2, 0) is 19.2 Å². The fraction of sp³-hybridized carbons (Fsp3) is 0.429. The summed E-state index contributed by atoms with van der Waals surface area (Å²) in [5.74, 6) is -2.36. The van der Waals surface area contributed by atoms with Gasteiger partial charge in [0.1, 0.15) is 34.8 Å². The highest BCUT2D eigenvalue weighted by Gasteiger charge is 2.25. The van der Waals surface area contributed by atoms with E-state index in [9.17, 15) is 19.2 Å². The molecule has 0 saturated heterocycles. The van der Waals surface area contributed by atoms with Gasteiger partial charge in [0.2, 0.25) is 0 Å². The maximum absolute atomic E-state index is 12.6. The monoisotopic (exact) mass is 526 g/mol. The third-order valence-electron chi connectivity index (χ3n) is 6.42. The highest BCUT2D eigenvalue weighted by atomic mass is 17.2. The summed E-state index contributed by atoms with van der Waals surface area (Å²) in [5, 5.41) is 0. The van der Waals surface area contributed by atoms with Crippen molar-refractivity contribution in [3.63, 3.8) is 0 Å². The molecule has 0 spiro atoms. The number of ether oxygens (including phenoxy) is 4. The molecule has 0 aromatic heterocycles. The fourth-order valence-electron chi connectivity index (χ4n) is 4.48. The summed E-state index contributed by atoms with van der Waals surface area (Å²) >= 11 is 0. The molecule has 0 amide bonds. The van der Waals surface area contributed by atoms with Crippen molar-refractivity contribution < 1.29 is 47.9 Å². The molecule has 2 aliphatic rings. The van der Waals surface area contributed by atoms with Crippen molar-refractivity contribution in [2.45, 2.75) is 76.4 Å². The number of carbonyl (C=O) groups excluding carboxylic acids is 4. The molecule has 0 atom stereocenters. The molecule has 38 heavy (non-hydrogen) atoms. The van der Waals surface area contributed by atoms with Crippen molar-refractivity contribution >= 4 is 24.2 Å². The first-order valence-electron chi connectivity index (χ1n) is 12.9. The van der Waals surface area contributed by atoms with Gasteiger partial charge in [-0.05, 0) is 75.6 Å². The van der Waals surface area contributed by atoms with Crippen LogP contribution >= 0.6 is 0 Å². The highest BCUT2D eigenvalue weighted by Crippen LogP contribution is 2.25. The minimum absolute atomic E-state index is 0.108. The van der Waals surface area contributed by atoms with Crippen molar-refractivity contribution in [1.82, 2.24) is 0 Å². The van der Waals surface area contributed by atoms with E-state index in [1.165, 1.54) is 36.4 Å². The van der Waals surface area contributed by atoms with Gasteiger partial charge in [-0.25, -0.2) is 29.0 Å². The van der Waals surface area contributed by atoms with Crippen LogP contribution < -0.4 is 9.47 Å². The normalized spacial score (nSPS) is 16.1. The zero-order valence-corrected chi connectivity index (χ0v) is 20.9. The van der Waals surface area contributed by atoms with Crippen molar-refractivity contribution in [3.8, 4) is 11.5 Å². The summed E-state index contributed by atoms with van der Waals surface area (Å²) in [6.07, 6.45) is 6.84. The number of hydrogen-bond donors (Lipinski definition) is 0. The summed E-state index contributed by atoms with van der Waals surface area (Å²) in [7, 11) is 0. The number of carbonyl (C=O) groups is 4. The van der Waals surface area contributed by atoms with Gasteiger partial charge in [-0.1, -0.05) is 37.1 Å². The Hall–Kier alpha value is -4.08. The quantitative estimate of drug-likeness (QED) is 0.183. The van der Waals surface area contributed by atoms with Crippen molar-refractivity contribution in [2.75, 3.05) is 0 Å². The van der Waals surface area contributed by atoms with Gasteiger partial charge in [0.25, 0.3) is 0 Å². The molecule has 2 aliphatic carbocycles. The molecule has 0 bridgehead atoms. The molecule has 0 heterocycles. The molecule has 0 unspecified atom stereocenters. The molecule has 10 heteroatoms. The van der Waals surface area contributed by atoms with E-state index in [4.69, 9.17) is 28.7 Å². The lowest BCUT2D eigenvalue weighted by Crippen LogP contribution is -2.24. The van der Waals surface area contributed by atoms with Crippen LogP contribution in [0.4, 0.5) is 9.59 Å². The van der Waals surface area contributed by atoms with Gasteiger partial charge in [0.05, 0.1) is 0 Å². The van der Waals surface area contributed by atoms with E-state index in [0.29, 0.717) is 0 Å². The Morgan fingerprint density at radius 3 is 1.29 bits per heavy atom.